The van der Waals surface area contributed by atoms with Crippen molar-refractivity contribution in [3.8, 4) is 0 Å². The average Bonchev–Trinajstić information content (AvgIpc) is 2.99. The van der Waals surface area contributed by atoms with E-state index < -0.39 is 0 Å². The zero-order valence-electron chi connectivity index (χ0n) is 9.58. The van der Waals surface area contributed by atoms with E-state index in [-0.39, 0.29) is 0 Å². The molecule has 0 aliphatic heterocycles. The van der Waals surface area contributed by atoms with E-state index in [1.54, 1.807) is 14.2 Å². The summed E-state index contributed by atoms with van der Waals surface area (Å²) >= 11 is 0. The molecule has 0 saturated heterocycles. The van der Waals surface area contributed by atoms with Crippen LogP contribution in [0.2, 0.25) is 0 Å². The number of nitrogens with one attached hydrogen (secondary N) is 1. The monoisotopic (exact) mass is 201 g/mol. The van der Waals surface area contributed by atoms with Gasteiger partial charge in [-0.1, -0.05) is 6.92 Å². The van der Waals surface area contributed by atoms with Crippen LogP contribution in [0.15, 0.2) is 0 Å². The molecule has 84 valence electrons. The van der Waals surface area contributed by atoms with Crippen molar-refractivity contribution in [2.75, 3.05) is 27.4 Å². The van der Waals surface area contributed by atoms with Gasteiger partial charge in [0.25, 0.3) is 0 Å². The third-order valence-corrected chi connectivity index (χ3v) is 2.76. The fourth-order valence-electron chi connectivity index (χ4n) is 1.89. The van der Waals surface area contributed by atoms with Crippen molar-refractivity contribution < 1.29 is 9.47 Å². The first-order valence-electron chi connectivity index (χ1n) is 5.58. The van der Waals surface area contributed by atoms with Crippen molar-refractivity contribution in [2.24, 2.45) is 5.92 Å². The number of rotatable bonds is 8. The van der Waals surface area contributed by atoms with Gasteiger partial charge in [0.1, 0.15) is 0 Å². The molecule has 0 aromatic heterocycles. The molecular weight excluding hydrogens is 178 g/mol. The highest BCUT2D eigenvalue weighted by Crippen LogP contribution is 2.35. The minimum atomic E-state index is 0.335. The lowest BCUT2D eigenvalue weighted by atomic mass is 10.1. The fourth-order valence-corrected chi connectivity index (χ4v) is 1.89. The Balaban J connectivity index is 2.36. The Bertz CT molecular complexity index is 148. The molecule has 3 nitrogen and oxygen atoms in total. The summed E-state index contributed by atoms with van der Waals surface area (Å²) in [6.45, 7) is 3.96. The maximum atomic E-state index is 5.54. The average molecular weight is 201 g/mol. The molecule has 2 atom stereocenters. The molecule has 0 aromatic carbocycles. The van der Waals surface area contributed by atoms with Crippen LogP contribution in [0.4, 0.5) is 0 Å². The molecule has 1 N–H and O–H groups in total. The van der Waals surface area contributed by atoms with Gasteiger partial charge in [0, 0.05) is 14.2 Å². The van der Waals surface area contributed by atoms with E-state index in [1.165, 1.54) is 12.8 Å². The van der Waals surface area contributed by atoms with Gasteiger partial charge in [-0.05, 0) is 31.7 Å². The maximum absolute atomic E-state index is 5.54. The van der Waals surface area contributed by atoms with Crippen LogP contribution >= 0.6 is 0 Å². The van der Waals surface area contributed by atoms with E-state index in [1.807, 2.05) is 0 Å². The Morgan fingerprint density at radius 3 is 2.50 bits per heavy atom. The predicted octanol–water partition coefficient (Wildman–Crippen LogP) is 1.43. The highest BCUT2D eigenvalue weighted by Gasteiger charge is 2.36. The van der Waals surface area contributed by atoms with E-state index >= 15 is 0 Å². The quantitative estimate of drug-likeness (QED) is 0.644. The largest absolute Gasteiger partial charge is 0.383 e. The molecule has 1 rings (SSSR count). The summed E-state index contributed by atoms with van der Waals surface area (Å²) in [6.07, 6.45) is 4.11. The number of hydrogen-bond acceptors (Lipinski definition) is 3. The SMILES string of the molecule is CCCNC(COC)C(OC)C1CC1. The van der Waals surface area contributed by atoms with Gasteiger partial charge >= 0.3 is 0 Å². The Kier molecular flexibility index (Phi) is 5.45. The van der Waals surface area contributed by atoms with Crippen LogP contribution in [0.5, 0.6) is 0 Å². The van der Waals surface area contributed by atoms with Gasteiger partial charge in [0.05, 0.1) is 18.8 Å². The van der Waals surface area contributed by atoms with Crippen molar-refractivity contribution in [1.82, 2.24) is 5.32 Å². The van der Waals surface area contributed by atoms with Crippen LogP contribution in [0.3, 0.4) is 0 Å². The molecule has 0 heterocycles. The molecule has 1 aliphatic rings. The smallest absolute Gasteiger partial charge is 0.0774 e. The summed E-state index contributed by atoms with van der Waals surface area (Å²) in [6, 6.07) is 0.359. The van der Waals surface area contributed by atoms with Crippen molar-refractivity contribution in [1.29, 1.82) is 0 Å². The standard InChI is InChI=1S/C11H23NO2/c1-4-7-12-10(8-13-2)11(14-3)9-5-6-9/h9-12H,4-8H2,1-3H3. The highest BCUT2D eigenvalue weighted by atomic mass is 16.5. The number of methoxy groups -OCH3 is 2. The summed E-state index contributed by atoms with van der Waals surface area (Å²) in [5.41, 5.74) is 0. The van der Waals surface area contributed by atoms with E-state index in [4.69, 9.17) is 9.47 Å². The second-order valence-electron chi connectivity index (χ2n) is 4.05. The lowest BCUT2D eigenvalue weighted by Crippen LogP contribution is -2.45. The Labute approximate surface area is 87.2 Å². The topological polar surface area (TPSA) is 30.5 Å². The molecule has 1 saturated carbocycles. The Morgan fingerprint density at radius 2 is 2.07 bits per heavy atom. The van der Waals surface area contributed by atoms with Crippen LogP contribution in [0.25, 0.3) is 0 Å². The Morgan fingerprint density at radius 1 is 1.36 bits per heavy atom. The van der Waals surface area contributed by atoms with E-state index in [0.717, 1.165) is 25.5 Å². The van der Waals surface area contributed by atoms with Gasteiger partial charge in [0.2, 0.25) is 0 Å². The molecule has 1 fully saturated rings. The predicted molar refractivity (Wildman–Crippen MR) is 57.5 cm³/mol. The summed E-state index contributed by atoms with van der Waals surface area (Å²) in [7, 11) is 3.56. The van der Waals surface area contributed by atoms with Crippen molar-refractivity contribution >= 4 is 0 Å². The van der Waals surface area contributed by atoms with Crippen LogP contribution in [0, 0.1) is 5.92 Å². The molecule has 2 unspecified atom stereocenters. The molecule has 14 heavy (non-hydrogen) atoms. The first-order valence-corrected chi connectivity index (χ1v) is 5.58. The fraction of sp³-hybridized carbons (Fsp3) is 1.00. The normalized spacial score (nSPS) is 20.8. The van der Waals surface area contributed by atoms with Gasteiger partial charge in [-0.25, -0.2) is 0 Å². The Hall–Kier alpha value is -0.120. The third-order valence-electron chi connectivity index (χ3n) is 2.76. The molecule has 0 spiro atoms. The third kappa shape index (κ3) is 3.56. The molecule has 0 amide bonds. The van der Waals surface area contributed by atoms with Crippen LogP contribution in [0.1, 0.15) is 26.2 Å². The second kappa shape index (κ2) is 6.38. The lowest BCUT2D eigenvalue weighted by molar-refractivity contribution is 0.0210. The molecule has 1 aliphatic carbocycles. The maximum Gasteiger partial charge on any atom is 0.0774 e. The number of hydrogen-bond donors (Lipinski definition) is 1. The van der Waals surface area contributed by atoms with Crippen LogP contribution in [-0.4, -0.2) is 39.5 Å². The van der Waals surface area contributed by atoms with Gasteiger partial charge in [-0.15, -0.1) is 0 Å². The summed E-state index contributed by atoms with van der Waals surface area (Å²) in [4.78, 5) is 0. The molecule has 3 heteroatoms. The minimum absolute atomic E-state index is 0.335. The van der Waals surface area contributed by atoms with Crippen molar-refractivity contribution in [3.05, 3.63) is 0 Å². The second-order valence-corrected chi connectivity index (χ2v) is 4.05. The zero-order valence-corrected chi connectivity index (χ0v) is 9.58. The molecule has 0 bridgehead atoms. The van der Waals surface area contributed by atoms with Gasteiger partial charge < -0.3 is 14.8 Å². The molecule has 0 radical (unpaired) electrons. The van der Waals surface area contributed by atoms with Gasteiger partial charge in [-0.2, -0.15) is 0 Å². The first kappa shape index (κ1) is 12.0. The van der Waals surface area contributed by atoms with E-state index in [0.29, 0.717) is 12.1 Å². The summed E-state index contributed by atoms with van der Waals surface area (Å²) in [5.74, 6) is 0.754. The van der Waals surface area contributed by atoms with Crippen molar-refractivity contribution in [2.45, 2.75) is 38.3 Å². The van der Waals surface area contributed by atoms with E-state index in [9.17, 15) is 0 Å². The first-order chi connectivity index (χ1) is 6.83. The van der Waals surface area contributed by atoms with E-state index in [2.05, 4.69) is 12.2 Å². The highest BCUT2D eigenvalue weighted by molar-refractivity contribution is 4.90. The molecule has 0 aromatic rings. The summed E-state index contributed by atoms with van der Waals surface area (Å²) in [5, 5.41) is 3.49. The van der Waals surface area contributed by atoms with Gasteiger partial charge in [-0.3, -0.25) is 0 Å². The summed E-state index contributed by atoms with van der Waals surface area (Å²) < 4.78 is 10.8. The lowest BCUT2D eigenvalue weighted by Gasteiger charge is -2.26. The van der Waals surface area contributed by atoms with Gasteiger partial charge in [0.15, 0.2) is 0 Å². The van der Waals surface area contributed by atoms with Crippen LogP contribution in [-0.2, 0) is 9.47 Å². The van der Waals surface area contributed by atoms with Crippen molar-refractivity contribution in [3.63, 3.8) is 0 Å². The molecular formula is C11H23NO2. The number of ether oxygens (including phenoxy) is 2. The zero-order chi connectivity index (χ0) is 10.4. The van der Waals surface area contributed by atoms with Crippen LogP contribution < -0.4 is 5.32 Å². The minimum Gasteiger partial charge on any atom is -0.383 e.